The molecular weight excluding hydrogens is 376 g/mol. The zero-order valence-corrected chi connectivity index (χ0v) is 17.3. The van der Waals surface area contributed by atoms with Crippen LogP contribution in [0.3, 0.4) is 0 Å². The van der Waals surface area contributed by atoms with Crippen molar-refractivity contribution < 1.29 is 14.3 Å². The van der Waals surface area contributed by atoms with Crippen LogP contribution in [0.25, 0.3) is 0 Å². The van der Waals surface area contributed by atoms with Crippen LogP contribution in [0.4, 0.5) is 11.4 Å². The Morgan fingerprint density at radius 3 is 2.20 bits per heavy atom. The topological polar surface area (TPSA) is 58.6 Å². The molecule has 5 heteroatoms. The van der Waals surface area contributed by atoms with Crippen molar-refractivity contribution in [3.8, 4) is 5.75 Å². The maximum absolute atomic E-state index is 13.2. The highest BCUT2D eigenvalue weighted by Crippen LogP contribution is 2.23. The third-order valence-corrected chi connectivity index (χ3v) is 4.62. The zero-order chi connectivity index (χ0) is 21.3. The summed E-state index contributed by atoms with van der Waals surface area (Å²) in [7, 11) is 0. The van der Waals surface area contributed by atoms with E-state index < -0.39 is 0 Å². The molecule has 1 N–H and O–H groups in total. The molecule has 0 heterocycles. The minimum absolute atomic E-state index is 0.164. The highest BCUT2D eigenvalue weighted by atomic mass is 16.5. The van der Waals surface area contributed by atoms with E-state index in [2.05, 4.69) is 5.32 Å². The number of carbonyl (C=O) groups excluding carboxylic acids is 2. The van der Waals surface area contributed by atoms with E-state index in [1.165, 1.54) is 0 Å². The van der Waals surface area contributed by atoms with Gasteiger partial charge < -0.3 is 15.0 Å². The molecule has 0 bridgehead atoms. The quantitative estimate of drug-likeness (QED) is 0.549. The molecule has 0 atom stereocenters. The molecule has 2 amide bonds. The highest BCUT2D eigenvalue weighted by molar-refractivity contribution is 6.13. The molecule has 0 aliphatic rings. The molecule has 0 radical (unpaired) electrons. The number of ether oxygens (including phenoxy) is 1. The number of amides is 2. The second kappa shape index (κ2) is 10.3. The summed E-state index contributed by atoms with van der Waals surface area (Å²) in [5.74, 6) is 0.286. The van der Waals surface area contributed by atoms with Crippen molar-refractivity contribution in [2.45, 2.75) is 20.3 Å². The molecular formula is C25H26N2O3. The van der Waals surface area contributed by atoms with Gasteiger partial charge in [0.05, 0.1) is 17.9 Å². The van der Waals surface area contributed by atoms with Gasteiger partial charge >= 0.3 is 0 Å². The van der Waals surface area contributed by atoms with Crippen molar-refractivity contribution in [1.82, 2.24) is 0 Å². The Hall–Kier alpha value is -3.60. The van der Waals surface area contributed by atoms with E-state index in [1.54, 1.807) is 53.4 Å². The zero-order valence-electron chi connectivity index (χ0n) is 17.3. The molecule has 0 saturated carbocycles. The number of hydrogen-bond donors (Lipinski definition) is 1. The van der Waals surface area contributed by atoms with Crippen LogP contribution in [0.5, 0.6) is 5.75 Å². The van der Waals surface area contributed by atoms with E-state index in [0.29, 0.717) is 30.0 Å². The fourth-order valence-electron chi connectivity index (χ4n) is 3.09. The molecule has 3 aromatic carbocycles. The minimum Gasteiger partial charge on any atom is -0.494 e. The molecule has 154 valence electrons. The number of carbonyl (C=O) groups is 2. The van der Waals surface area contributed by atoms with Crippen LogP contribution in [0.15, 0.2) is 78.9 Å². The van der Waals surface area contributed by atoms with Gasteiger partial charge in [-0.25, -0.2) is 0 Å². The normalized spacial score (nSPS) is 10.3. The van der Waals surface area contributed by atoms with E-state index in [1.807, 2.05) is 44.2 Å². The largest absolute Gasteiger partial charge is 0.494 e. The molecule has 0 aliphatic carbocycles. The Morgan fingerprint density at radius 2 is 1.53 bits per heavy atom. The van der Waals surface area contributed by atoms with Gasteiger partial charge in [-0.05, 0) is 61.9 Å². The lowest BCUT2D eigenvalue weighted by Gasteiger charge is -2.22. The average molecular weight is 402 g/mol. The lowest BCUT2D eigenvalue weighted by atomic mass is 10.1. The van der Waals surface area contributed by atoms with Crippen LogP contribution in [-0.2, 0) is 0 Å². The number of para-hydroxylation sites is 2. The fraction of sp³-hybridized carbons (Fsp3) is 0.200. The van der Waals surface area contributed by atoms with Gasteiger partial charge in [0.2, 0.25) is 0 Å². The average Bonchev–Trinajstić information content (AvgIpc) is 2.79. The molecule has 0 saturated heterocycles. The van der Waals surface area contributed by atoms with Gasteiger partial charge in [-0.15, -0.1) is 0 Å². The number of anilines is 2. The second-order valence-corrected chi connectivity index (χ2v) is 6.76. The molecule has 5 nitrogen and oxygen atoms in total. The molecule has 30 heavy (non-hydrogen) atoms. The van der Waals surface area contributed by atoms with E-state index in [0.717, 1.165) is 17.9 Å². The van der Waals surface area contributed by atoms with Crippen molar-refractivity contribution in [3.05, 3.63) is 90.0 Å². The van der Waals surface area contributed by atoms with Crippen LogP contribution in [0.2, 0.25) is 0 Å². The molecule has 0 unspecified atom stereocenters. The van der Waals surface area contributed by atoms with Crippen LogP contribution < -0.4 is 15.0 Å². The van der Waals surface area contributed by atoms with Gasteiger partial charge in [0.15, 0.2) is 0 Å². The van der Waals surface area contributed by atoms with Crippen LogP contribution in [0, 0.1) is 0 Å². The van der Waals surface area contributed by atoms with Crippen molar-refractivity contribution in [2.75, 3.05) is 23.4 Å². The van der Waals surface area contributed by atoms with Gasteiger partial charge in [-0.1, -0.05) is 37.3 Å². The first-order valence-corrected chi connectivity index (χ1v) is 10.1. The summed E-state index contributed by atoms with van der Waals surface area (Å²) in [5, 5.41) is 2.87. The van der Waals surface area contributed by atoms with Crippen LogP contribution in [0.1, 0.15) is 41.0 Å². The lowest BCUT2D eigenvalue weighted by Crippen LogP contribution is -2.31. The number of rotatable bonds is 8. The maximum Gasteiger partial charge on any atom is 0.260 e. The summed E-state index contributed by atoms with van der Waals surface area (Å²) in [6.07, 6.45) is 0.921. The summed E-state index contributed by atoms with van der Waals surface area (Å²) in [5.41, 5.74) is 2.23. The summed E-state index contributed by atoms with van der Waals surface area (Å²) in [6.45, 7) is 5.12. The van der Waals surface area contributed by atoms with Gasteiger partial charge in [0.25, 0.3) is 11.8 Å². The SMILES string of the molecule is CCCOc1ccc(C(=O)Nc2ccccc2C(=O)N(CC)c2ccccc2)cc1. The number of nitrogens with zero attached hydrogens (tertiary/aromatic N) is 1. The van der Waals surface area contributed by atoms with Crippen LogP contribution >= 0.6 is 0 Å². The second-order valence-electron chi connectivity index (χ2n) is 6.76. The smallest absolute Gasteiger partial charge is 0.260 e. The number of benzene rings is 3. The number of hydrogen-bond acceptors (Lipinski definition) is 3. The number of nitrogens with one attached hydrogen (secondary N) is 1. The predicted octanol–water partition coefficient (Wildman–Crippen LogP) is 5.39. The first-order valence-electron chi connectivity index (χ1n) is 10.1. The first-order chi connectivity index (χ1) is 14.6. The van der Waals surface area contributed by atoms with Gasteiger partial charge in [-0.3, -0.25) is 9.59 Å². The van der Waals surface area contributed by atoms with Crippen molar-refractivity contribution >= 4 is 23.2 Å². The highest BCUT2D eigenvalue weighted by Gasteiger charge is 2.20. The lowest BCUT2D eigenvalue weighted by molar-refractivity contribution is 0.0989. The molecule has 3 rings (SSSR count). The summed E-state index contributed by atoms with van der Waals surface area (Å²) < 4.78 is 5.56. The van der Waals surface area contributed by atoms with Crippen molar-refractivity contribution in [1.29, 1.82) is 0 Å². The third kappa shape index (κ3) is 5.06. The van der Waals surface area contributed by atoms with E-state index in [9.17, 15) is 9.59 Å². The van der Waals surface area contributed by atoms with Crippen molar-refractivity contribution in [3.63, 3.8) is 0 Å². The standard InChI is InChI=1S/C25H26N2O3/c1-3-18-30-21-16-14-19(15-17-21)24(28)26-23-13-9-8-12-22(23)25(29)27(4-2)20-10-6-5-7-11-20/h5-17H,3-4,18H2,1-2H3,(H,26,28). The predicted molar refractivity (Wildman–Crippen MR) is 120 cm³/mol. The molecule has 3 aromatic rings. The van der Waals surface area contributed by atoms with Gasteiger partial charge in [0, 0.05) is 17.8 Å². The Labute approximate surface area is 177 Å². The minimum atomic E-state index is -0.278. The Morgan fingerprint density at radius 1 is 0.867 bits per heavy atom. The van der Waals surface area contributed by atoms with E-state index in [-0.39, 0.29) is 11.8 Å². The molecule has 0 spiro atoms. The van der Waals surface area contributed by atoms with Crippen molar-refractivity contribution in [2.24, 2.45) is 0 Å². The molecule has 0 aliphatic heterocycles. The Bertz CT molecular complexity index is 985. The third-order valence-electron chi connectivity index (χ3n) is 4.62. The summed E-state index contributed by atoms with van der Waals surface area (Å²) in [4.78, 5) is 27.7. The van der Waals surface area contributed by atoms with Gasteiger partial charge in [-0.2, -0.15) is 0 Å². The fourth-order valence-corrected chi connectivity index (χ4v) is 3.09. The monoisotopic (exact) mass is 402 g/mol. The van der Waals surface area contributed by atoms with Gasteiger partial charge in [0.1, 0.15) is 5.75 Å². The maximum atomic E-state index is 13.2. The first kappa shape index (κ1) is 21.1. The Balaban J connectivity index is 1.79. The van der Waals surface area contributed by atoms with Crippen LogP contribution in [-0.4, -0.2) is 25.0 Å². The van der Waals surface area contributed by atoms with E-state index in [4.69, 9.17) is 4.74 Å². The molecule has 0 fully saturated rings. The van der Waals surface area contributed by atoms with E-state index >= 15 is 0 Å². The summed E-state index contributed by atoms with van der Waals surface area (Å²) in [6, 6.07) is 23.5. The molecule has 0 aromatic heterocycles. The Kier molecular flexibility index (Phi) is 7.22. The summed E-state index contributed by atoms with van der Waals surface area (Å²) >= 11 is 0.